The van der Waals surface area contributed by atoms with Gasteiger partial charge in [-0.2, -0.15) is 13.1 Å². The van der Waals surface area contributed by atoms with E-state index in [1.165, 1.54) is 0 Å². The van der Waals surface area contributed by atoms with Crippen LogP contribution in [0.3, 0.4) is 0 Å². The molecule has 7 heteroatoms. The summed E-state index contributed by atoms with van der Waals surface area (Å²) in [6.45, 7) is 2.51. The van der Waals surface area contributed by atoms with Gasteiger partial charge >= 0.3 is 0 Å². The third-order valence-corrected chi connectivity index (χ3v) is 3.11. The largest absolute Gasteiger partial charge is 0.492 e. The van der Waals surface area contributed by atoms with Gasteiger partial charge < -0.3 is 10.5 Å². The minimum absolute atomic E-state index is 0.199. The quantitative estimate of drug-likeness (QED) is 0.478. The minimum atomic E-state index is -3.40. The molecule has 0 bridgehead atoms. The van der Waals surface area contributed by atoms with E-state index in [1.54, 1.807) is 31.2 Å². The molecular weight excluding hydrogens is 242 g/mol. The summed E-state index contributed by atoms with van der Waals surface area (Å²) in [5.74, 6) is 0.618. The van der Waals surface area contributed by atoms with Crippen molar-refractivity contribution in [3.05, 3.63) is 24.3 Å². The van der Waals surface area contributed by atoms with Crippen molar-refractivity contribution < 1.29 is 13.2 Å². The molecule has 0 aliphatic carbocycles. The topological polar surface area (TPSA) is 93.5 Å². The van der Waals surface area contributed by atoms with Crippen molar-refractivity contribution >= 4 is 15.9 Å². The predicted octanol–water partition coefficient (Wildman–Crippen LogP) is 0.0915. The van der Waals surface area contributed by atoms with Crippen LogP contribution in [0.25, 0.3) is 0 Å². The number of hydrogen-bond donors (Lipinski definition) is 3. The first-order valence-electron chi connectivity index (χ1n) is 5.26. The van der Waals surface area contributed by atoms with Crippen LogP contribution in [-0.2, 0) is 10.2 Å². The Kier molecular flexibility index (Phi) is 5.20. The summed E-state index contributed by atoms with van der Waals surface area (Å²) in [7, 11) is -3.40. The predicted molar refractivity (Wildman–Crippen MR) is 66.9 cm³/mol. The van der Waals surface area contributed by atoms with Gasteiger partial charge in [-0.1, -0.05) is 13.0 Å². The van der Waals surface area contributed by atoms with Crippen LogP contribution in [0.1, 0.15) is 6.92 Å². The van der Waals surface area contributed by atoms with Gasteiger partial charge in [-0.05, 0) is 12.1 Å². The van der Waals surface area contributed by atoms with E-state index < -0.39 is 10.2 Å². The SMILES string of the molecule is CCNS(=O)(=O)NCCOc1cccc(N)c1. The normalized spacial score (nSPS) is 11.4. The van der Waals surface area contributed by atoms with Crippen molar-refractivity contribution in [3.8, 4) is 5.75 Å². The first-order valence-corrected chi connectivity index (χ1v) is 6.74. The summed E-state index contributed by atoms with van der Waals surface area (Å²) in [5, 5.41) is 0. The van der Waals surface area contributed by atoms with Gasteiger partial charge in [-0.15, -0.1) is 0 Å². The molecule has 4 N–H and O–H groups in total. The zero-order chi connectivity index (χ0) is 12.7. The second-order valence-corrected chi connectivity index (χ2v) is 4.90. The van der Waals surface area contributed by atoms with E-state index >= 15 is 0 Å². The van der Waals surface area contributed by atoms with Gasteiger partial charge in [0.25, 0.3) is 10.2 Å². The Hall–Kier alpha value is -1.31. The fourth-order valence-electron chi connectivity index (χ4n) is 1.19. The average Bonchev–Trinajstić information content (AvgIpc) is 2.24. The molecular formula is C10H17N3O3S. The lowest BCUT2D eigenvalue weighted by atomic mass is 10.3. The van der Waals surface area contributed by atoms with Gasteiger partial charge in [0.15, 0.2) is 0 Å². The molecule has 0 radical (unpaired) electrons. The van der Waals surface area contributed by atoms with Crippen LogP contribution in [0.15, 0.2) is 24.3 Å². The van der Waals surface area contributed by atoms with Crippen molar-refractivity contribution in [1.29, 1.82) is 0 Å². The number of benzene rings is 1. The van der Waals surface area contributed by atoms with E-state index in [9.17, 15) is 8.42 Å². The van der Waals surface area contributed by atoms with E-state index in [4.69, 9.17) is 10.5 Å². The van der Waals surface area contributed by atoms with Crippen molar-refractivity contribution in [2.24, 2.45) is 0 Å². The van der Waals surface area contributed by atoms with Crippen LogP contribution < -0.4 is 19.9 Å². The monoisotopic (exact) mass is 259 g/mol. The summed E-state index contributed by atoms with van der Waals surface area (Å²) < 4.78 is 32.4. The van der Waals surface area contributed by atoms with Crippen molar-refractivity contribution in [2.45, 2.75) is 6.92 Å². The number of hydrogen-bond acceptors (Lipinski definition) is 4. The summed E-state index contributed by atoms with van der Waals surface area (Å²) in [5.41, 5.74) is 6.18. The van der Waals surface area contributed by atoms with E-state index in [0.29, 0.717) is 18.0 Å². The Morgan fingerprint density at radius 2 is 2.12 bits per heavy atom. The molecule has 6 nitrogen and oxygen atoms in total. The number of nitrogens with two attached hydrogens (primary N) is 1. The molecule has 0 heterocycles. The molecule has 0 atom stereocenters. The van der Waals surface area contributed by atoms with Crippen molar-refractivity contribution in [1.82, 2.24) is 9.44 Å². The van der Waals surface area contributed by atoms with Gasteiger partial charge in [-0.25, -0.2) is 4.72 Å². The van der Waals surface area contributed by atoms with Gasteiger partial charge in [0.1, 0.15) is 12.4 Å². The molecule has 0 spiro atoms. The van der Waals surface area contributed by atoms with E-state index in [-0.39, 0.29) is 13.2 Å². The van der Waals surface area contributed by atoms with Crippen LogP contribution in [0, 0.1) is 0 Å². The molecule has 96 valence electrons. The van der Waals surface area contributed by atoms with E-state index in [1.807, 2.05) is 0 Å². The number of nitrogen functional groups attached to an aromatic ring is 1. The highest BCUT2D eigenvalue weighted by Crippen LogP contribution is 2.13. The lowest BCUT2D eigenvalue weighted by molar-refractivity contribution is 0.323. The van der Waals surface area contributed by atoms with Crippen LogP contribution in [-0.4, -0.2) is 28.1 Å². The minimum Gasteiger partial charge on any atom is -0.492 e. The maximum atomic E-state index is 11.2. The molecule has 1 rings (SSSR count). The molecule has 0 unspecified atom stereocenters. The zero-order valence-corrected chi connectivity index (χ0v) is 10.5. The summed E-state index contributed by atoms with van der Waals surface area (Å²) in [6.07, 6.45) is 0. The number of rotatable bonds is 7. The average molecular weight is 259 g/mol. The van der Waals surface area contributed by atoms with Crippen LogP contribution >= 0.6 is 0 Å². The highest BCUT2D eigenvalue weighted by Gasteiger charge is 2.05. The molecule has 0 aliphatic rings. The van der Waals surface area contributed by atoms with Gasteiger partial charge in [0.05, 0.1) is 0 Å². The second kappa shape index (κ2) is 6.43. The summed E-state index contributed by atoms with van der Waals surface area (Å²) in [4.78, 5) is 0. The lowest BCUT2D eigenvalue weighted by Crippen LogP contribution is -2.38. The van der Waals surface area contributed by atoms with E-state index in [2.05, 4.69) is 9.44 Å². The summed E-state index contributed by atoms with van der Waals surface area (Å²) in [6, 6.07) is 6.96. The van der Waals surface area contributed by atoms with Crippen LogP contribution in [0.2, 0.25) is 0 Å². The fourth-order valence-corrected chi connectivity index (χ4v) is 2.02. The third kappa shape index (κ3) is 5.53. The Bertz CT molecular complexity index is 448. The lowest BCUT2D eigenvalue weighted by Gasteiger charge is -2.08. The second-order valence-electron chi connectivity index (χ2n) is 3.32. The smallest absolute Gasteiger partial charge is 0.277 e. The van der Waals surface area contributed by atoms with Gasteiger partial charge in [0.2, 0.25) is 0 Å². The molecule has 0 saturated heterocycles. The van der Waals surface area contributed by atoms with Gasteiger partial charge in [-0.3, -0.25) is 0 Å². The molecule has 0 aliphatic heterocycles. The Labute approximate surface area is 101 Å². The first-order chi connectivity index (χ1) is 8.03. The molecule has 0 saturated carbocycles. The maximum Gasteiger partial charge on any atom is 0.277 e. The zero-order valence-electron chi connectivity index (χ0n) is 9.64. The molecule has 0 aromatic heterocycles. The van der Waals surface area contributed by atoms with Crippen LogP contribution in [0.5, 0.6) is 5.75 Å². The van der Waals surface area contributed by atoms with Crippen molar-refractivity contribution in [2.75, 3.05) is 25.4 Å². The molecule has 17 heavy (non-hydrogen) atoms. The molecule has 1 aromatic carbocycles. The fraction of sp³-hybridized carbons (Fsp3) is 0.400. The van der Waals surface area contributed by atoms with Crippen LogP contribution in [0.4, 0.5) is 5.69 Å². The Balaban J connectivity index is 2.29. The molecule has 0 fully saturated rings. The van der Waals surface area contributed by atoms with Gasteiger partial charge in [0, 0.05) is 24.8 Å². The van der Waals surface area contributed by atoms with Crippen molar-refractivity contribution in [3.63, 3.8) is 0 Å². The number of nitrogens with one attached hydrogen (secondary N) is 2. The first kappa shape index (κ1) is 13.8. The Morgan fingerprint density at radius 1 is 1.35 bits per heavy atom. The standard InChI is InChI=1S/C10H17N3O3S/c1-2-12-17(14,15)13-6-7-16-10-5-3-4-9(11)8-10/h3-5,8,12-13H,2,6-7,11H2,1H3. The maximum absolute atomic E-state index is 11.2. The summed E-state index contributed by atoms with van der Waals surface area (Å²) >= 11 is 0. The number of anilines is 1. The highest BCUT2D eigenvalue weighted by atomic mass is 32.2. The highest BCUT2D eigenvalue weighted by molar-refractivity contribution is 7.87. The van der Waals surface area contributed by atoms with E-state index in [0.717, 1.165) is 0 Å². The Morgan fingerprint density at radius 3 is 2.76 bits per heavy atom. The molecule has 1 aromatic rings. The number of ether oxygens (including phenoxy) is 1. The third-order valence-electron chi connectivity index (χ3n) is 1.86. The molecule has 0 amide bonds.